The quantitative estimate of drug-likeness (QED) is 0.564. The van der Waals surface area contributed by atoms with Crippen molar-refractivity contribution in [3.05, 3.63) is 35.9 Å². The van der Waals surface area contributed by atoms with Gasteiger partial charge in [-0.3, -0.25) is 4.79 Å². The first-order valence-corrected chi connectivity index (χ1v) is 7.08. The zero-order valence-electron chi connectivity index (χ0n) is 12.3. The van der Waals surface area contributed by atoms with Crippen molar-refractivity contribution in [2.75, 3.05) is 6.61 Å². The molecular weight excluding hydrogens is 290 g/mol. The van der Waals surface area contributed by atoms with Crippen molar-refractivity contribution in [3.63, 3.8) is 0 Å². The van der Waals surface area contributed by atoms with E-state index in [1.807, 2.05) is 30.3 Å². The van der Waals surface area contributed by atoms with Gasteiger partial charge >= 0.3 is 0 Å². The van der Waals surface area contributed by atoms with Crippen molar-refractivity contribution in [2.45, 2.75) is 44.2 Å². The monoisotopic (exact) mass is 311 g/mol. The maximum Gasteiger partial charge on any atom is 0.217 e. The van der Waals surface area contributed by atoms with E-state index in [0.29, 0.717) is 0 Å². The summed E-state index contributed by atoms with van der Waals surface area (Å²) in [5.74, 6) is -0.379. The summed E-state index contributed by atoms with van der Waals surface area (Å²) >= 11 is 0. The summed E-state index contributed by atoms with van der Waals surface area (Å²) in [6.45, 7) is 1.05. The Kier molecular flexibility index (Phi) is 5.87. The second kappa shape index (κ2) is 7.66. The lowest BCUT2D eigenvalue weighted by Crippen LogP contribution is -2.64. The van der Waals surface area contributed by atoms with Crippen LogP contribution in [0.15, 0.2) is 30.3 Å². The molecule has 1 amide bonds. The predicted molar refractivity (Wildman–Crippen MR) is 76.6 cm³/mol. The Morgan fingerprint density at radius 3 is 2.55 bits per heavy atom. The number of aliphatic hydroxyl groups is 3. The van der Waals surface area contributed by atoms with Gasteiger partial charge in [-0.05, 0) is 5.56 Å². The van der Waals surface area contributed by atoms with Crippen molar-refractivity contribution in [1.29, 1.82) is 0 Å². The third-order valence-corrected chi connectivity index (χ3v) is 3.51. The Labute approximate surface area is 128 Å². The molecule has 5 atom stereocenters. The maximum atomic E-state index is 11.3. The minimum atomic E-state index is -1.31. The number of rotatable bonds is 5. The van der Waals surface area contributed by atoms with Gasteiger partial charge in [-0.15, -0.1) is 0 Å². The highest BCUT2D eigenvalue weighted by molar-refractivity contribution is 5.73. The molecule has 1 aromatic carbocycles. The molecule has 2 rings (SSSR count). The van der Waals surface area contributed by atoms with E-state index >= 15 is 0 Å². The summed E-state index contributed by atoms with van der Waals surface area (Å²) < 4.78 is 11.1. The van der Waals surface area contributed by atoms with Gasteiger partial charge in [0.05, 0.1) is 13.2 Å². The zero-order chi connectivity index (χ0) is 16.1. The van der Waals surface area contributed by atoms with E-state index < -0.39 is 37.3 Å². The minimum Gasteiger partial charge on any atom is -0.394 e. The molecule has 0 radical (unpaired) electrons. The van der Waals surface area contributed by atoms with Crippen molar-refractivity contribution in [3.8, 4) is 0 Å². The standard InChI is InChI=1S/C15H21NO6/c1-9(18)16-12-14(20)13(19)11(7-17)22-15(12)21-8-10-5-3-2-4-6-10/h2-6,11-15,17,19-20H,7-8H2,1H3,(H,16,18)/t11-,12-,13-,14+,15+/m0/s1. The fourth-order valence-corrected chi connectivity index (χ4v) is 2.37. The number of amides is 1. The molecule has 1 aliphatic heterocycles. The van der Waals surface area contributed by atoms with Gasteiger partial charge in [-0.25, -0.2) is 0 Å². The van der Waals surface area contributed by atoms with Crippen LogP contribution in [0.2, 0.25) is 0 Å². The smallest absolute Gasteiger partial charge is 0.217 e. The van der Waals surface area contributed by atoms with Gasteiger partial charge in [0.15, 0.2) is 6.29 Å². The van der Waals surface area contributed by atoms with Crippen molar-refractivity contribution >= 4 is 5.91 Å². The lowest BCUT2D eigenvalue weighted by molar-refractivity contribution is -0.273. The number of carbonyl (C=O) groups is 1. The average molecular weight is 311 g/mol. The normalized spacial score (nSPS) is 31.7. The first kappa shape index (κ1) is 16.9. The van der Waals surface area contributed by atoms with Crippen LogP contribution >= 0.6 is 0 Å². The van der Waals surface area contributed by atoms with Crippen LogP contribution in [0.5, 0.6) is 0 Å². The Morgan fingerprint density at radius 1 is 1.27 bits per heavy atom. The number of hydrogen-bond donors (Lipinski definition) is 4. The Hall–Kier alpha value is -1.51. The van der Waals surface area contributed by atoms with Crippen LogP contribution in [0.25, 0.3) is 0 Å². The zero-order valence-corrected chi connectivity index (χ0v) is 12.3. The van der Waals surface area contributed by atoms with E-state index in [1.54, 1.807) is 0 Å². The molecule has 1 aliphatic rings. The van der Waals surface area contributed by atoms with Gasteiger partial charge in [0, 0.05) is 6.92 Å². The molecule has 122 valence electrons. The fraction of sp³-hybridized carbons (Fsp3) is 0.533. The lowest BCUT2D eigenvalue weighted by Gasteiger charge is -2.42. The fourth-order valence-electron chi connectivity index (χ4n) is 2.37. The number of nitrogens with one attached hydrogen (secondary N) is 1. The first-order valence-electron chi connectivity index (χ1n) is 7.08. The number of carbonyl (C=O) groups excluding carboxylic acids is 1. The molecule has 1 heterocycles. The number of aliphatic hydroxyl groups excluding tert-OH is 3. The summed E-state index contributed by atoms with van der Waals surface area (Å²) in [7, 11) is 0. The van der Waals surface area contributed by atoms with Crippen LogP contribution in [0.4, 0.5) is 0 Å². The summed E-state index contributed by atoms with van der Waals surface area (Å²) in [6.07, 6.45) is -4.55. The summed E-state index contributed by atoms with van der Waals surface area (Å²) in [5.41, 5.74) is 0.897. The second-order valence-corrected chi connectivity index (χ2v) is 5.23. The van der Waals surface area contributed by atoms with E-state index in [-0.39, 0.29) is 12.5 Å². The van der Waals surface area contributed by atoms with Crippen LogP contribution in [0.1, 0.15) is 12.5 Å². The van der Waals surface area contributed by atoms with Gasteiger partial charge in [0.25, 0.3) is 0 Å². The first-order chi connectivity index (χ1) is 10.5. The molecule has 0 spiro atoms. The topological polar surface area (TPSA) is 108 Å². The highest BCUT2D eigenvalue weighted by atomic mass is 16.7. The summed E-state index contributed by atoms with van der Waals surface area (Å²) in [6, 6.07) is 8.42. The molecular formula is C15H21NO6. The van der Waals surface area contributed by atoms with Gasteiger partial charge in [-0.2, -0.15) is 0 Å². The Morgan fingerprint density at radius 2 is 1.95 bits per heavy atom. The molecule has 0 bridgehead atoms. The molecule has 1 fully saturated rings. The van der Waals surface area contributed by atoms with Crippen molar-refractivity contribution < 1.29 is 29.6 Å². The van der Waals surface area contributed by atoms with Crippen LogP contribution in [0.3, 0.4) is 0 Å². The van der Waals surface area contributed by atoms with Crippen LogP contribution in [0, 0.1) is 0 Å². The lowest BCUT2D eigenvalue weighted by atomic mass is 9.97. The number of ether oxygens (including phenoxy) is 2. The van der Waals surface area contributed by atoms with Gasteiger partial charge < -0.3 is 30.1 Å². The molecule has 0 aromatic heterocycles. The highest BCUT2D eigenvalue weighted by Crippen LogP contribution is 2.23. The van der Waals surface area contributed by atoms with Crippen LogP contribution in [-0.2, 0) is 20.9 Å². The molecule has 7 heteroatoms. The van der Waals surface area contributed by atoms with Gasteiger partial charge in [-0.1, -0.05) is 30.3 Å². The van der Waals surface area contributed by atoms with E-state index in [4.69, 9.17) is 9.47 Å². The Bertz CT molecular complexity index is 482. The molecule has 7 nitrogen and oxygen atoms in total. The third-order valence-electron chi connectivity index (χ3n) is 3.51. The summed E-state index contributed by atoms with van der Waals surface area (Å²) in [5, 5.41) is 31.7. The van der Waals surface area contributed by atoms with E-state index in [9.17, 15) is 20.1 Å². The van der Waals surface area contributed by atoms with Crippen LogP contribution < -0.4 is 5.32 Å². The molecule has 1 aromatic rings. The molecule has 22 heavy (non-hydrogen) atoms. The molecule has 0 saturated carbocycles. The number of benzene rings is 1. The van der Waals surface area contributed by atoms with Crippen LogP contribution in [-0.4, -0.2) is 58.5 Å². The maximum absolute atomic E-state index is 11.3. The predicted octanol–water partition coefficient (Wildman–Crippen LogP) is -0.853. The van der Waals surface area contributed by atoms with E-state index in [1.165, 1.54) is 6.92 Å². The second-order valence-electron chi connectivity index (χ2n) is 5.23. The largest absolute Gasteiger partial charge is 0.394 e. The number of hydrogen-bond acceptors (Lipinski definition) is 6. The highest BCUT2D eigenvalue weighted by Gasteiger charge is 2.45. The molecule has 0 unspecified atom stereocenters. The molecule has 1 saturated heterocycles. The van der Waals surface area contributed by atoms with E-state index in [2.05, 4.69) is 5.32 Å². The van der Waals surface area contributed by atoms with Gasteiger partial charge in [0.2, 0.25) is 5.91 Å². The van der Waals surface area contributed by atoms with E-state index in [0.717, 1.165) is 5.56 Å². The average Bonchev–Trinajstić information content (AvgIpc) is 2.52. The third kappa shape index (κ3) is 4.02. The molecule has 0 aliphatic carbocycles. The molecule has 4 N–H and O–H groups in total. The SMILES string of the molecule is CC(=O)N[C@@H]1[C@H](OCc2ccccc2)O[C@@H](CO)[C@H](O)[C@@H]1O. The summed E-state index contributed by atoms with van der Waals surface area (Å²) in [4.78, 5) is 11.3. The minimum absolute atomic E-state index is 0.211. The van der Waals surface area contributed by atoms with Crippen molar-refractivity contribution in [1.82, 2.24) is 5.32 Å². The Balaban J connectivity index is 2.07. The van der Waals surface area contributed by atoms with Crippen molar-refractivity contribution in [2.24, 2.45) is 0 Å². The van der Waals surface area contributed by atoms with Gasteiger partial charge in [0.1, 0.15) is 24.4 Å².